The Hall–Kier alpha value is -3.12. The fourth-order valence-corrected chi connectivity index (χ4v) is 4.43. The lowest BCUT2D eigenvalue weighted by molar-refractivity contribution is -0.139. The van der Waals surface area contributed by atoms with E-state index >= 15 is 0 Å². The van der Waals surface area contributed by atoms with Crippen LogP contribution >= 0.6 is 0 Å². The second kappa shape index (κ2) is 9.57. The molecule has 4 rings (SSSR count). The Morgan fingerprint density at radius 3 is 2.78 bits per heavy atom. The number of ether oxygens (including phenoxy) is 2. The van der Waals surface area contributed by atoms with Crippen LogP contribution in [0.1, 0.15) is 49.0 Å². The zero-order valence-corrected chi connectivity index (χ0v) is 18.5. The van der Waals surface area contributed by atoms with Crippen molar-refractivity contribution in [3.8, 4) is 5.75 Å². The van der Waals surface area contributed by atoms with Crippen LogP contribution < -0.4 is 4.74 Å². The van der Waals surface area contributed by atoms with Crippen molar-refractivity contribution in [2.45, 2.75) is 44.4 Å². The number of hydrogen-bond donors (Lipinski definition) is 1. The first-order valence-corrected chi connectivity index (χ1v) is 11.2. The van der Waals surface area contributed by atoms with Gasteiger partial charge in [0.15, 0.2) is 11.6 Å². The van der Waals surface area contributed by atoms with Gasteiger partial charge in [-0.3, -0.25) is 4.79 Å². The van der Waals surface area contributed by atoms with Crippen molar-refractivity contribution in [3.05, 3.63) is 77.9 Å². The van der Waals surface area contributed by atoms with Gasteiger partial charge in [-0.15, -0.1) is 6.58 Å². The van der Waals surface area contributed by atoms with Crippen molar-refractivity contribution < 1.29 is 19.4 Å². The highest BCUT2D eigenvalue weighted by atomic mass is 16.5. The third-order valence-corrected chi connectivity index (χ3v) is 5.94. The average Bonchev–Trinajstić information content (AvgIpc) is 3.16. The molecular weight excluding hydrogens is 404 g/mol. The molecular formula is C26H30N2O4. The van der Waals surface area contributed by atoms with Gasteiger partial charge in [-0.1, -0.05) is 37.3 Å². The third kappa shape index (κ3) is 4.02. The summed E-state index contributed by atoms with van der Waals surface area (Å²) >= 11 is 0. The first kappa shape index (κ1) is 22.1. The fourth-order valence-electron chi connectivity index (χ4n) is 4.43. The number of aliphatic hydroxyl groups excluding tert-OH is 1. The molecule has 2 atom stereocenters. The van der Waals surface area contributed by atoms with Crippen LogP contribution in [0, 0.1) is 0 Å². The van der Waals surface area contributed by atoms with E-state index in [1.165, 1.54) is 0 Å². The minimum atomic E-state index is -1.06. The van der Waals surface area contributed by atoms with Crippen LogP contribution in [0.4, 0.5) is 0 Å². The highest BCUT2D eigenvalue weighted by Crippen LogP contribution is 2.46. The smallest absolute Gasteiger partial charge is 0.255 e. The predicted octanol–water partition coefficient (Wildman–Crippen LogP) is 4.03. The molecule has 0 spiro atoms. The van der Waals surface area contributed by atoms with E-state index in [2.05, 4.69) is 19.6 Å². The second-order valence-electron chi connectivity index (χ2n) is 8.21. The minimum absolute atomic E-state index is 0.0144. The SMILES string of the molecule is C=CC[C@]12N=C(c3ccc(OCCCO)cc3)O[C@H]1c1ccccc1CN(CCC)C2=O. The number of carbonyl (C=O) groups excluding carboxylic acids is 1. The number of amides is 1. The molecule has 0 unspecified atom stereocenters. The molecule has 2 aromatic carbocycles. The number of aliphatic hydroxyl groups is 1. The lowest BCUT2D eigenvalue weighted by atomic mass is 9.84. The summed E-state index contributed by atoms with van der Waals surface area (Å²) in [7, 11) is 0. The van der Waals surface area contributed by atoms with Gasteiger partial charge in [-0.2, -0.15) is 0 Å². The van der Waals surface area contributed by atoms with E-state index in [1.807, 2.05) is 47.4 Å². The van der Waals surface area contributed by atoms with Gasteiger partial charge >= 0.3 is 0 Å². The molecule has 0 aromatic heterocycles. The lowest BCUT2D eigenvalue weighted by Gasteiger charge is -2.31. The maximum Gasteiger partial charge on any atom is 0.255 e. The van der Waals surface area contributed by atoms with Crippen LogP contribution in [0.5, 0.6) is 5.75 Å². The molecule has 0 radical (unpaired) electrons. The second-order valence-corrected chi connectivity index (χ2v) is 8.21. The molecule has 0 aliphatic carbocycles. The predicted molar refractivity (Wildman–Crippen MR) is 124 cm³/mol. The van der Waals surface area contributed by atoms with Gasteiger partial charge in [0.1, 0.15) is 5.75 Å². The molecule has 0 saturated heterocycles. The van der Waals surface area contributed by atoms with Gasteiger partial charge in [-0.05, 0) is 36.2 Å². The van der Waals surface area contributed by atoms with Gasteiger partial charge in [0.05, 0.1) is 6.61 Å². The van der Waals surface area contributed by atoms with Crippen molar-refractivity contribution in [1.29, 1.82) is 0 Å². The van der Waals surface area contributed by atoms with Crippen molar-refractivity contribution in [3.63, 3.8) is 0 Å². The van der Waals surface area contributed by atoms with Crippen molar-refractivity contribution in [2.75, 3.05) is 19.8 Å². The molecule has 6 heteroatoms. The lowest BCUT2D eigenvalue weighted by Crippen LogP contribution is -2.48. The summed E-state index contributed by atoms with van der Waals surface area (Å²) in [6.07, 6.45) is 3.12. The maximum atomic E-state index is 13.8. The normalized spacial score (nSPS) is 21.8. The van der Waals surface area contributed by atoms with Crippen molar-refractivity contribution >= 4 is 11.8 Å². The zero-order chi connectivity index (χ0) is 22.6. The molecule has 0 saturated carbocycles. The molecule has 32 heavy (non-hydrogen) atoms. The van der Waals surface area contributed by atoms with Gasteiger partial charge in [0.2, 0.25) is 5.90 Å². The zero-order valence-electron chi connectivity index (χ0n) is 18.5. The van der Waals surface area contributed by atoms with Crippen LogP contribution in [0.25, 0.3) is 0 Å². The number of hydrogen-bond acceptors (Lipinski definition) is 5. The Labute approximate surface area is 189 Å². The van der Waals surface area contributed by atoms with Crippen LogP contribution in [-0.4, -0.2) is 47.1 Å². The monoisotopic (exact) mass is 434 g/mol. The summed E-state index contributed by atoms with van der Waals surface area (Å²) in [5.41, 5.74) is 1.83. The van der Waals surface area contributed by atoms with E-state index in [1.54, 1.807) is 6.08 Å². The van der Waals surface area contributed by atoms with E-state index in [-0.39, 0.29) is 12.5 Å². The molecule has 2 aliphatic rings. The maximum absolute atomic E-state index is 13.8. The molecule has 168 valence electrons. The molecule has 1 amide bonds. The first-order valence-electron chi connectivity index (χ1n) is 11.2. The third-order valence-electron chi connectivity index (χ3n) is 5.94. The van der Waals surface area contributed by atoms with E-state index < -0.39 is 11.6 Å². The summed E-state index contributed by atoms with van der Waals surface area (Å²) in [4.78, 5) is 20.7. The molecule has 6 nitrogen and oxygen atoms in total. The van der Waals surface area contributed by atoms with Crippen LogP contribution in [-0.2, 0) is 16.1 Å². The Bertz CT molecular complexity index is 1000. The van der Waals surface area contributed by atoms with Crippen molar-refractivity contribution in [2.24, 2.45) is 4.99 Å². The van der Waals surface area contributed by atoms with Crippen LogP contribution in [0.3, 0.4) is 0 Å². The molecule has 2 heterocycles. The van der Waals surface area contributed by atoms with E-state index in [4.69, 9.17) is 19.6 Å². The van der Waals surface area contributed by atoms with Gasteiger partial charge in [0, 0.05) is 43.7 Å². The Morgan fingerprint density at radius 1 is 1.28 bits per heavy atom. The number of rotatable bonds is 9. The molecule has 0 bridgehead atoms. The molecule has 0 fully saturated rings. The Kier molecular flexibility index (Phi) is 6.61. The van der Waals surface area contributed by atoms with Crippen molar-refractivity contribution in [1.82, 2.24) is 4.90 Å². The number of nitrogens with zero attached hydrogens (tertiary/aromatic N) is 2. The number of fused-ring (bicyclic) bond motifs is 3. The summed E-state index contributed by atoms with van der Waals surface area (Å²) in [5, 5.41) is 8.91. The van der Waals surface area contributed by atoms with Crippen LogP contribution in [0.2, 0.25) is 0 Å². The van der Waals surface area contributed by atoms with E-state index in [0.717, 1.165) is 23.1 Å². The summed E-state index contributed by atoms with van der Waals surface area (Å²) in [5.74, 6) is 1.16. The first-order chi connectivity index (χ1) is 15.6. The molecule has 1 N–H and O–H groups in total. The number of benzene rings is 2. The van der Waals surface area contributed by atoms with Gasteiger partial charge in [0.25, 0.3) is 5.91 Å². The van der Waals surface area contributed by atoms with E-state index in [9.17, 15) is 4.79 Å². The number of aliphatic imine (C=N–C) groups is 1. The van der Waals surface area contributed by atoms with Gasteiger partial charge < -0.3 is 19.5 Å². The Morgan fingerprint density at radius 2 is 2.06 bits per heavy atom. The van der Waals surface area contributed by atoms with Crippen LogP contribution in [0.15, 0.2) is 66.2 Å². The van der Waals surface area contributed by atoms with Gasteiger partial charge in [-0.25, -0.2) is 4.99 Å². The Balaban J connectivity index is 1.72. The highest BCUT2D eigenvalue weighted by molar-refractivity contribution is 6.01. The highest BCUT2D eigenvalue weighted by Gasteiger charge is 2.55. The standard InChI is InChI=1S/C26H30N2O4/c1-3-14-26-23(22-9-6-5-8-20(22)18-28(15-4-2)25(26)30)32-24(27-26)19-10-12-21(13-11-19)31-17-7-16-29/h3,5-6,8-13,23,29H,1,4,7,14-18H2,2H3/t23-,26-/m0/s1. The summed E-state index contributed by atoms with van der Waals surface area (Å²) in [6.45, 7) is 7.78. The molecule has 2 aliphatic heterocycles. The van der Waals surface area contributed by atoms with E-state index in [0.29, 0.717) is 44.2 Å². The minimum Gasteiger partial charge on any atom is -0.494 e. The largest absolute Gasteiger partial charge is 0.494 e. The summed E-state index contributed by atoms with van der Waals surface area (Å²) < 4.78 is 12.1. The quantitative estimate of drug-likeness (QED) is 0.478. The summed E-state index contributed by atoms with van der Waals surface area (Å²) in [6, 6.07) is 15.6. The average molecular weight is 435 g/mol. The molecule has 2 aromatic rings. The number of carbonyl (C=O) groups is 1. The fraction of sp³-hybridized carbons (Fsp3) is 0.385. The topological polar surface area (TPSA) is 71.4 Å².